The maximum Gasteiger partial charge on any atom is 0.264 e. The third kappa shape index (κ3) is 5.16. The Kier molecular flexibility index (Phi) is 7.55. The summed E-state index contributed by atoms with van der Waals surface area (Å²) in [7, 11) is 1.82. The van der Waals surface area contributed by atoms with Gasteiger partial charge in [0, 0.05) is 60.8 Å². The minimum absolute atomic E-state index is 0.0173. The van der Waals surface area contributed by atoms with Crippen LogP contribution in [0.2, 0.25) is 0 Å². The molecule has 3 aliphatic rings. The molecule has 9 heteroatoms. The molecule has 0 bridgehead atoms. The van der Waals surface area contributed by atoms with Crippen LogP contribution in [0.5, 0.6) is 0 Å². The van der Waals surface area contributed by atoms with E-state index in [0.717, 1.165) is 91.6 Å². The predicted octanol–water partition coefficient (Wildman–Crippen LogP) is 6.55. The third-order valence-corrected chi connectivity index (χ3v) is 9.71. The first-order valence-corrected chi connectivity index (χ1v) is 15.6. The van der Waals surface area contributed by atoms with E-state index < -0.39 is 6.43 Å². The topological polar surface area (TPSA) is 64.3 Å². The van der Waals surface area contributed by atoms with Gasteiger partial charge in [-0.25, -0.2) is 8.78 Å². The number of anilines is 2. The number of alkyl halides is 2. The summed E-state index contributed by atoms with van der Waals surface area (Å²) in [5.74, 6) is 0.327. The van der Waals surface area contributed by atoms with Gasteiger partial charge in [-0.3, -0.25) is 9.48 Å². The molecule has 0 unspecified atom stereocenters. The van der Waals surface area contributed by atoms with Crippen molar-refractivity contribution in [1.82, 2.24) is 19.7 Å². The van der Waals surface area contributed by atoms with E-state index in [0.29, 0.717) is 30.3 Å². The van der Waals surface area contributed by atoms with Crippen LogP contribution in [0.15, 0.2) is 47.5 Å². The van der Waals surface area contributed by atoms with E-state index in [1.807, 2.05) is 37.0 Å². The van der Waals surface area contributed by atoms with Crippen molar-refractivity contribution in [2.24, 2.45) is 7.05 Å². The summed E-state index contributed by atoms with van der Waals surface area (Å²) in [6.07, 6.45) is 6.59. The number of fused-ring (bicyclic) bond motifs is 2. The molecular formula is C34H39F2N5O2. The Morgan fingerprint density at radius 2 is 1.81 bits per heavy atom. The number of halogens is 2. The lowest BCUT2D eigenvalue weighted by Crippen LogP contribution is -2.29. The quantitative estimate of drug-likeness (QED) is 0.287. The number of piperidine rings is 1. The number of ether oxygens (including phenoxy) is 1. The summed E-state index contributed by atoms with van der Waals surface area (Å²) in [4.78, 5) is 15.2. The number of nitrogens with zero attached hydrogens (tertiary/aromatic N) is 4. The molecule has 0 amide bonds. The summed E-state index contributed by atoms with van der Waals surface area (Å²) in [5, 5.41) is 8.94. The molecule has 0 atom stereocenters. The Morgan fingerprint density at radius 3 is 2.58 bits per heavy atom. The minimum Gasteiger partial charge on any atom is -0.381 e. The van der Waals surface area contributed by atoms with Crippen LogP contribution in [0.3, 0.4) is 0 Å². The first kappa shape index (κ1) is 28.2. The molecule has 226 valence electrons. The molecule has 2 aromatic carbocycles. The minimum atomic E-state index is -2.63. The summed E-state index contributed by atoms with van der Waals surface area (Å²) in [6.45, 7) is 5.87. The van der Waals surface area contributed by atoms with Crippen molar-refractivity contribution in [3.63, 3.8) is 0 Å². The van der Waals surface area contributed by atoms with Gasteiger partial charge in [0.25, 0.3) is 12.0 Å². The monoisotopic (exact) mass is 587 g/mol. The Hall–Kier alpha value is -3.56. The van der Waals surface area contributed by atoms with Gasteiger partial charge in [-0.15, -0.1) is 0 Å². The van der Waals surface area contributed by atoms with Gasteiger partial charge in [0.15, 0.2) is 0 Å². The highest BCUT2D eigenvalue weighted by molar-refractivity contribution is 5.96. The van der Waals surface area contributed by atoms with E-state index in [9.17, 15) is 13.6 Å². The summed E-state index contributed by atoms with van der Waals surface area (Å²) >= 11 is 0. The van der Waals surface area contributed by atoms with Crippen LogP contribution in [-0.2, 0) is 18.2 Å². The maximum absolute atomic E-state index is 14.8. The van der Waals surface area contributed by atoms with Crippen LogP contribution < -0.4 is 15.8 Å². The van der Waals surface area contributed by atoms with Crippen LogP contribution in [0, 0.1) is 6.92 Å². The zero-order valence-corrected chi connectivity index (χ0v) is 24.9. The Bertz CT molecular complexity index is 1720. The first-order valence-electron chi connectivity index (χ1n) is 15.6. The number of pyridine rings is 1. The number of hydrogen-bond acceptors (Lipinski definition) is 5. The highest BCUT2D eigenvalue weighted by Crippen LogP contribution is 2.44. The number of nitrogens with one attached hydrogen (secondary N) is 1. The summed E-state index contributed by atoms with van der Waals surface area (Å²) < 4.78 is 38.9. The Morgan fingerprint density at radius 1 is 1.02 bits per heavy atom. The van der Waals surface area contributed by atoms with Crippen LogP contribution in [0.25, 0.3) is 22.0 Å². The molecule has 3 aliphatic heterocycles. The molecule has 0 spiro atoms. The van der Waals surface area contributed by atoms with Gasteiger partial charge in [0.2, 0.25) is 0 Å². The van der Waals surface area contributed by atoms with Gasteiger partial charge < -0.3 is 19.5 Å². The average molecular weight is 588 g/mol. The molecule has 7 rings (SSSR count). The van der Waals surface area contributed by atoms with E-state index in [1.165, 1.54) is 5.56 Å². The van der Waals surface area contributed by atoms with Gasteiger partial charge in [-0.1, -0.05) is 0 Å². The first-order chi connectivity index (χ1) is 20.9. The molecule has 2 saturated heterocycles. The molecule has 4 aromatic rings. The van der Waals surface area contributed by atoms with Gasteiger partial charge in [-0.2, -0.15) is 5.10 Å². The number of aryl methyl sites for hydroxylation is 3. The lowest BCUT2D eigenvalue weighted by molar-refractivity contribution is 0.0853. The van der Waals surface area contributed by atoms with Gasteiger partial charge >= 0.3 is 0 Å². The molecule has 43 heavy (non-hydrogen) atoms. The largest absolute Gasteiger partial charge is 0.381 e. The molecule has 1 N–H and O–H groups in total. The normalized spacial score (nSPS) is 18.5. The van der Waals surface area contributed by atoms with Crippen LogP contribution in [0.1, 0.15) is 72.7 Å². The lowest BCUT2D eigenvalue weighted by atomic mass is 9.89. The second-order valence-corrected chi connectivity index (χ2v) is 12.4. The smallest absolute Gasteiger partial charge is 0.264 e. The second-order valence-electron chi connectivity index (χ2n) is 12.4. The standard InChI is InChI=1S/C34H39F2N5O2/c1-21-14-29-31(39(2)34(21)42)16-24(22-7-12-43-13-8-22)17-32(29)40-11-3-4-23-15-27(28(33(35)36)18-30(23)40)25-19-38-41(20-25)26-5-9-37-10-6-26/h14-20,22,26,33,37H,3-13H2,1-2H3. The number of aromatic nitrogens is 3. The molecule has 2 fully saturated rings. The third-order valence-electron chi connectivity index (χ3n) is 9.71. The summed E-state index contributed by atoms with van der Waals surface area (Å²) in [5.41, 5.74) is 6.90. The van der Waals surface area contributed by atoms with E-state index in [2.05, 4.69) is 27.4 Å². The van der Waals surface area contributed by atoms with E-state index in [1.54, 1.807) is 16.8 Å². The fourth-order valence-corrected chi connectivity index (χ4v) is 7.29. The van der Waals surface area contributed by atoms with Crippen LogP contribution in [-0.4, -0.2) is 47.2 Å². The summed E-state index contributed by atoms with van der Waals surface area (Å²) in [6, 6.07) is 10.3. The van der Waals surface area contributed by atoms with Crippen molar-refractivity contribution in [1.29, 1.82) is 0 Å². The second kappa shape index (κ2) is 11.5. The van der Waals surface area contributed by atoms with Crippen molar-refractivity contribution in [2.45, 2.75) is 63.8 Å². The molecule has 2 aromatic heterocycles. The maximum atomic E-state index is 14.8. The van der Waals surface area contributed by atoms with Crippen molar-refractivity contribution in [3.8, 4) is 11.1 Å². The van der Waals surface area contributed by atoms with E-state index in [-0.39, 0.29) is 17.2 Å². The van der Waals surface area contributed by atoms with E-state index in [4.69, 9.17) is 4.74 Å². The predicted molar refractivity (Wildman–Crippen MR) is 166 cm³/mol. The zero-order valence-electron chi connectivity index (χ0n) is 24.9. The highest BCUT2D eigenvalue weighted by atomic mass is 19.3. The number of hydrogen-bond donors (Lipinski definition) is 1. The van der Waals surface area contributed by atoms with Gasteiger partial charge in [-0.05, 0) is 111 Å². The van der Waals surface area contributed by atoms with Crippen molar-refractivity contribution in [3.05, 3.63) is 75.3 Å². The van der Waals surface area contributed by atoms with Gasteiger partial charge in [0.05, 0.1) is 23.4 Å². The van der Waals surface area contributed by atoms with Crippen molar-refractivity contribution >= 4 is 22.3 Å². The zero-order chi connectivity index (χ0) is 29.7. The fourth-order valence-electron chi connectivity index (χ4n) is 7.29. The molecule has 5 heterocycles. The number of benzene rings is 2. The highest BCUT2D eigenvalue weighted by Gasteiger charge is 2.28. The molecular weight excluding hydrogens is 548 g/mol. The lowest BCUT2D eigenvalue weighted by Gasteiger charge is -2.34. The molecule has 0 aliphatic carbocycles. The Labute approximate surface area is 250 Å². The van der Waals surface area contributed by atoms with Crippen LogP contribution in [0.4, 0.5) is 20.2 Å². The average Bonchev–Trinajstić information content (AvgIpc) is 3.54. The number of rotatable bonds is 5. The van der Waals surface area contributed by atoms with Crippen molar-refractivity contribution in [2.75, 3.05) is 37.7 Å². The molecule has 7 nitrogen and oxygen atoms in total. The van der Waals surface area contributed by atoms with Crippen LogP contribution >= 0.6 is 0 Å². The molecule has 0 radical (unpaired) electrons. The SMILES string of the molecule is Cc1cc2c(N3CCCc4cc(-c5cnn(C6CCNCC6)c5)c(C(F)F)cc43)cc(C3CCOCC3)cc2n(C)c1=O. The van der Waals surface area contributed by atoms with Gasteiger partial charge in [0.1, 0.15) is 0 Å². The van der Waals surface area contributed by atoms with Crippen molar-refractivity contribution < 1.29 is 13.5 Å². The Balaban J connectivity index is 1.36. The fraction of sp³-hybridized carbons (Fsp3) is 0.471. The van der Waals surface area contributed by atoms with E-state index >= 15 is 0 Å². The molecule has 0 saturated carbocycles.